The molecule has 0 saturated heterocycles. The lowest BCUT2D eigenvalue weighted by molar-refractivity contribution is 0.101. The lowest BCUT2D eigenvalue weighted by Gasteiger charge is -2.11. The summed E-state index contributed by atoms with van der Waals surface area (Å²) in [5, 5.41) is 2.19. The number of Topliss-reactive ketones (excluding diaryl/α,β-unsaturated/α-hetero) is 1. The average molecular weight is 341 g/mol. The number of ketones is 1. The molecule has 0 bridgehead atoms. The van der Waals surface area contributed by atoms with Crippen molar-refractivity contribution in [1.29, 1.82) is 0 Å². The molecule has 0 radical (unpaired) electrons. The van der Waals surface area contributed by atoms with Gasteiger partial charge in [0.05, 0.1) is 4.47 Å². The van der Waals surface area contributed by atoms with Crippen molar-refractivity contribution in [3.63, 3.8) is 0 Å². The maximum Gasteiger partial charge on any atom is 0.159 e. The van der Waals surface area contributed by atoms with Crippen LogP contribution in [0.4, 0.5) is 0 Å². The fourth-order valence-electron chi connectivity index (χ4n) is 2.21. The first-order chi connectivity index (χ1) is 10.1. The molecule has 0 heterocycles. The summed E-state index contributed by atoms with van der Waals surface area (Å²) in [6, 6.07) is 19.4. The minimum Gasteiger partial charge on any atom is -0.456 e. The molecule has 0 aliphatic heterocycles. The number of hydrogen-bond acceptors (Lipinski definition) is 2. The van der Waals surface area contributed by atoms with Crippen molar-refractivity contribution in [3.8, 4) is 11.5 Å². The van der Waals surface area contributed by atoms with Crippen molar-refractivity contribution in [2.24, 2.45) is 0 Å². The maximum absolute atomic E-state index is 11.4. The summed E-state index contributed by atoms with van der Waals surface area (Å²) in [5.41, 5.74) is 0.659. The van der Waals surface area contributed by atoms with E-state index >= 15 is 0 Å². The van der Waals surface area contributed by atoms with Gasteiger partial charge in [-0.3, -0.25) is 4.79 Å². The van der Waals surface area contributed by atoms with Gasteiger partial charge in [0.2, 0.25) is 0 Å². The van der Waals surface area contributed by atoms with Crippen LogP contribution in [0.15, 0.2) is 65.1 Å². The van der Waals surface area contributed by atoms with Gasteiger partial charge in [0.15, 0.2) is 5.78 Å². The lowest BCUT2D eigenvalue weighted by atomic mass is 10.1. The van der Waals surface area contributed by atoms with Gasteiger partial charge in [-0.1, -0.05) is 36.4 Å². The third-order valence-corrected chi connectivity index (χ3v) is 3.93. The summed E-state index contributed by atoms with van der Waals surface area (Å²) in [6.07, 6.45) is 0. The summed E-state index contributed by atoms with van der Waals surface area (Å²) in [4.78, 5) is 11.4. The molecule has 0 aromatic heterocycles. The molecule has 0 atom stereocenters. The average Bonchev–Trinajstić information content (AvgIpc) is 2.49. The second-order valence-corrected chi connectivity index (χ2v) is 5.64. The van der Waals surface area contributed by atoms with Crippen molar-refractivity contribution < 1.29 is 9.53 Å². The molecule has 0 aliphatic rings. The molecule has 3 aromatic rings. The van der Waals surface area contributed by atoms with Crippen LogP contribution in [0.25, 0.3) is 10.8 Å². The fourth-order valence-corrected chi connectivity index (χ4v) is 2.67. The Morgan fingerprint density at radius 2 is 1.71 bits per heavy atom. The maximum atomic E-state index is 11.4. The third kappa shape index (κ3) is 2.83. The smallest absolute Gasteiger partial charge is 0.159 e. The summed E-state index contributed by atoms with van der Waals surface area (Å²) in [7, 11) is 0. The van der Waals surface area contributed by atoms with E-state index < -0.39 is 0 Å². The van der Waals surface area contributed by atoms with Crippen LogP contribution in [0.2, 0.25) is 0 Å². The Hall–Kier alpha value is -2.13. The van der Waals surface area contributed by atoms with E-state index in [1.165, 1.54) is 0 Å². The number of halogens is 1. The topological polar surface area (TPSA) is 26.3 Å². The molecule has 104 valence electrons. The van der Waals surface area contributed by atoms with E-state index in [-0.39, 0.29) is 5.78 Å². The van der Waals surface area contributed by atoms with E-state index in [1.54, 1.807) is 19.1 Å². The SMILES string of the molecule is CC(=O)c1ccc(Oc2cccc3ccccc23)c(Br)c1. The molecule has 0 amide bonds. The van der Waals surface area contributed by atoms with Crippen LogP contribution in [0.3, 0.4) is 0 Å². The van der Waals surface area contributed by atoms with E-state index in [0.717, 1.165) is 21.0 Å². The van der Waals surface area contributed by atoms with Crippen LogP contribution >= 0.6 is 15.9 Å². The largest absolute Gasteiger partial charge is 0.456 e. The molecule has 0 spiro atoms. The van der Waals surface area contributed by atoms with Crippen LogP contribution < -0.4 is 4.74 Å². The van der Waals surface area contributed by atoms with Crippen LogP contribution in [0, 0.1) is 0 Å². The molecular weight excluding hydrogens is 328 g/mol. The van der Waals surface area contributed by atoms with Crippen LogP contribution in [0.5, 0.6) is 11.5 Å². The van der Waals surface area contributed by atoms with E-state index in [1.807, 2.05) is 36.4 Å². The fraction of sp³-hybridized carbons (Fsp3) is 0.0556. The van der Waals surface area contributed by atoms with Gasteiger partial charge in [-0.15, -0.1) is 0 Å². The van der Waals surface area contributed by atoms with E-state index in [9.17, 15) is 4.79 Å². The van der Waals surface area contributed by atoms with E-state index in [0.29, 0.717) is 11.3 Å². The molecule has 3 rings (SSSR count). The molecule has 0 saturated carbocycles. The van der Waals surface area contributed by atoms with Crippen molar-refractivity contribution in [3.05, 3.63) is 70.7 Å². The minimum atomic E-state index is 0.0346. The quantitative estimate of drug-likeness (QED) is 0.580. The molecule has 0 unspecified atom stereocenters. The van der Waals surface area contributed by atoms with E-state index in [2.05, 4.69) is 28.1 Å². The normalized spacial score (nSPS) is 10.6. The highest BCUT2D eigenvalue weighted by atomic mass is 79.9. The summed E-state index contributed by atoms with van der Waals surface area (Å²) < 4.78 is 6.77. The first-order valence-electron chi connectivity index (χ1n) is 6.61. The number of carbonyl (C=O) groups excluding carboxylic acids is 1. The highest BCUT2D eigenvalue weighted by Crippen LogP contribution is 2.34. The number of fused-ring (bicyclic) bond motifs is 1. The monoisotopic (exact) mass is 340 g/mol. The van der Waals surface area contributed by atoms with Crippen LogP contribution in [0.1, 0.15) is 17.3 Å². The molecule has 21 heavy (non-hydrogen) atoms. The van der Waals surface area contributed by atoms with Crippen LogP contribution in [-0.2, 0) is 0 Å². The predicted octanol–water partition coefficient (Wildman–Crippen LogP) is 5.60. The number of ether oxygens (including phenoxy) is 1. The van der Waals surface area contributed by atoms with Gasteiger partial charge in [-0.2, -0.15) is 0 Å². The molecule has 0 N–H and O–H groups in total. The standard InChI is InChI=1S/C18H13BrO2/c1-12(20)14-9-10-18(16(19)11-14)21-17-8-4-6-13-5-2-3-7-15(13)17/h2-11H,1H3. The van der Waals surface area contributed by atoms with Crippen molar-refractivity contribution in [2.75, 3.05) is 0 Å². The highest BCUT2D eigenvalue weighted by molar-refractivity contribution is 9.10. The molecule has 0 fully saturated rings. The Morgan fingerprint density at radius 3 is 2.48 bits per heavy atom. The summed E-state index contributed by atoms with van der Waals surface area (Å²) >= 11 is 3.46. The van der Waals surface area contributed by atoms with Gasteiger partial charge in [-0.05, 0) is 52.5 Å². The predicted molar refractivity (Wildman–Crippen MR) is 88.2 cm³/mol. The van der Waals surface area contributed by atoms with Crippen molar-refractivity contribution >= 4 is 32.5 Å². The first-order valence-corrected chi connectivity index (χ1v) is 7.40. The Kier molecular flexibility index (Phi) is 3.76. The Labute approximate surface area is 131 Å². The summed E-state index contributed by atoms with van der Waals surface area (Å²) in [5.74, 6) is 1.52. The van der Waals surface area contributed by atoms with Crippen LogP contribution in [-0.4, -0.2) is 5.78 Å². The van der Waals surface area contributed by atoms with Crippen molar-refractivity contribution in [1.82, 2.24) is 0 Å². The molecule has 3 heteroatoms. The number of hydrogen-bond donors (Lipinski definition) is 0. The Balaban J connectivity index is 2.01. The zero-order chi connectivity index (χ0) is 14.8. The lowest BCUT2D eigenvalue weighted by Crippen LogP contribution is -1.93. The van der Waals surface area contributed by atoms with Gasteiger partial charge in [-0.25, -0.2) is 0 Å². The van der Waals surface area contributed by atoms with E-state index in [4.69, 9.17) is 4.74 Å². The third-order valence-electron chi connectivity index (χ3n) is 3.31. The Bertz CT molecular complexity index is 819. The highest BCUT2D eigenvalue weighted by Gasteiger charge is 2.08. The molecule has 0 aliphatic carbocycles. The van der Waals surface area contributed by atoms with Gasteiger partial charge in [0.1, 0.15) is 11.5 Å². The van der Waals surface area contributed by atoms with Gasteiger partial charge in [0.25, 0.3) is 0 Å². The zero-order valence-corrected chi connectivity index (χ0v) is 13.1. The number of carbonyl (C=O) groups is 1. The Morgan fingerprint density at radius 1 is 0.952 bits per heavy atom. The minimum absolute atomic E-state index is 0.0346. The molecule has 3 aromatic carbocycles. The second kappa shape index (κ2) is 5.70. The number of rotatable bonds is 3. The second-order valence-electron chi connectivity index (χ2n) is 4.78. The number of benzene rings is 3. The molecular formula is C18H13BrO2. The molecule has 2 nitrogen and oxygen atoms in total. The zero-order valence-electron chi connectivity index (χ0n) is 11.5. The summed E-state index contributed by atoms with van der Waals surface area (Å²) in [6.45, 7) is 1.55. The van der Waals surface area contributed by atoms with Crippen molar-refractivity contribution in [2.45, 2.75) is 6.92 Å². The van der Waals surface area contributed by atoms with Gasteiger partial charge < -0.3 is 4.74 Å². The van der Waals surface area contributed by atoms with Gasteiger partial charge >= 0.3 is 0 Å². The van der Waals surface area contributed by atoms with Gasteiger partial charge in [0, 0.05) is 10.9 Å². The first kappa shape index (κ1) is 13.8.